The third-order valence-electron chi connectivity index (χ3n) is 4.26. The summed E-state index contributed by atoms with van der Waals surface area (Å²) in [6.07, 6.45) is 6.29. The number of aryl methyl sites for hydroxylation is 1. The van der Waals surface area contributed by atoms with Gasteiger partial charge in [0, 0.05) is 5.39 Å². The number of hydrogen-bond acceptors (Lipinski definition) is 2. The monoisotopic (exact) mass is 319 g/mol. The van der Waals surface area contributed by atoms with Crippen LogP contribution in [0.5, 0.6) is 5.75 Å². The molecule has 0 spiro atoms. The van der Waals surface area contributed by atoms with Crippen LogP contribution in [0.1, 0.15) is 43.9 Å². The highest BCUT2D eigenvalue weighted by Crippen LogP contribution is 2.18. The van der Waals surface area contributed by atoms with Crippen molar-refractivity contribution in [3.8, 4) is 5.75 Å². The van der Waals surface area contributed by atoms with Gasteiger partial charge in [0.1, 0.15) is 12.4 Å². The molecule has 3 rings (SSSR count). The lowest BCUT2D eigenvalue weighted by Gasteiger charge is -2.08. The molecule has 3 aromatic rings. The topological polar surface area (TPSA) is 22.1 Å². The summed E-state index contributed by atoms with van der Waals surface area (Å²) < 4.78 is 5.95. The molecule has 0 amide bonds. The van der Waals surface area contributed by atoms with Gasteiger partial charge in [0.15, 0.2) is 0 Å². The second-order valence-electron chi connectivity index (χ2n) is 6.24. The lowest BCUT2D eigenvalue weighted by atomic mass is 10.1. The first kappa shape index (κ1) is 16.5. The van der Waals surface area contributed by atoms with Crippen molar-refractivity contribution in [2.45, 2.75) is 45.6 Å². The summed E-state index contributed by atoms with van der Waals surface area (Å²) in [7, 11) is 0. The zero-order valence-electron chi connectivity index (χ0n) is 14.4. The first-order valence-corrected chi connectivity index (χ1v) is 8.91. The molecule has 0 radical (unpaired) electrons. The van der Waals surface area contributed by atoms with E-state index < -0.39 is 0 Å². The van der Waals surface area contributed by atoms with Gasteiger partial charge >= 0.3 is 0 Å². The molecule has 0 N–H and O–H groups in total. The molecule has 2 aromatic carbocycles. The quantitative estimate of drug-likeness (QED) is 0.480. The maximum absolute atomic E-state index is 5.95. The normalized spacial score (nSPS) is 10.9. The van der Waals surface area contributed by atoms with Gasteiger partial charge in [0.05, 0.1) is 11.2 Å². The Labute approximate surface area is 144 Å². The molecule has 0 aliphatic carbocycles. The van der Waals surface area contributed by atoms with Crippen LogP contribution >= 0.6 is 0 Å². The van der Waals surface area contributed by atoms with Gasteiger partial charge in [-0.3, -0.25) is 0 Å². The Morgan fingerprint density at radius 2 is 1.79 bits per heavy atom. The standard InChI is InChI=1S/C22H25NO/c1-2-3-4-5-9-18-10-8-12-21(16-18)24-17-20-15-14-19-11-6-7-13-22(19)23-20/h6-8,10-16H,2-5,9,17H2,1H3. The minimum Gasteiger partial charge on any atom is -0.487 e. The van der Waals surface area contributed by atoms with Crippen molar-refractivity contribution in [2.24, 2.45) is 0 Å². The summed E-state index contributed by atoms with van der Waals surface area (Å²) in [5.41, 5.74) is 3.33. The lowest BCUT2D eigenvalue weighted by molar-refractivity contribution is 0.301. The molecule has 0 aliphatic rings. The molecular weight excluding hydrogens is 294 g/mol. The minimum absolute atomic E-state index is 0.504. The van der Waals surface area contributed by atoms with E-state index in [0.717, 1.165) is 28.8 Å². The maximum atomic E-state index is 5.95. The van der Waals surface area contributed by atoms with E-state index in [9.17, 15) is 0 Å². The molecule has 0 unspecified atom stereocenters. The Morgan fingerprint density at radius 1 is 0.875 bits per heavy atom. The fourth-order valence-corrected chi connectivity index (χ4v) is 2.89. The molecule has 124 valence electrons. The molecule has 0 saturated carbocycles. The van der Waals surface area contributed by atoms with E-state index >= 15 is 0 Å². The number of nitrogens with zero attached hydrogens (tertiary/aromatic N) is 1. The molecule has 0 saturated heterocycles. The van der Waals surface area contributed by atoms with Gasteiger partial charge in [-0.05, 0) is 42.7 Å². The van der Waals surface area contributed by atoms with Crippen LogP contribution in [-0.4, -0.2) is 4.98 Å². The highest BCUT2D eigenvalue weighted by atomic mass is 16.5. The van der Waals surface area contributed by atoms with Crippen molar-refractivity contribution in [3.05, 3.63) is 71.9 Å². The molecule has 0 atom stereocenters. The summed E-state index contributed by atoms with van der Waals surface area (Å²) in [6.45, 7) is 2.75. The average molecular weight is 319 g/mol. The van der Waals surface area contributed by atoms with E-state index in [1.807, 2.05) is 30.3 Å². The van der Waals surface area contributed by atoms with E-state index in [4.69, 9.17) is 4.74 Å². The van der Waals surface area contributed by atoms with E-state index in [-0.39, 0.29) is 0 Å². The number of benzene rings is 2. The van der Waals surface area contributed by atoms with E-state index in [1.54, 1.807) is 0 Å². The predicted molar refractivity (Wildman–Crippen MR) is 100 cm³/mol. The van der Waals surface area contributed by atoms with Gasteiger partial charge in [-0.25, -0.2) is 4.98 Å². The van der Waals surface area contributed by atoms with E-state index in [0.29, 0.717) is 6.61 Å². The molecule has 2 heteroatoms. The number of fused-ring (bicyclic) bond motifs is 1. The average Bonchev–Trinajstić information content (AvgIpc) is 2.64. The molecular formula is C22H25NO. The largest absolute Gasteiger partial charge is 0.487 e. The Bertz CT molecular complexity index is 782. The third kappa shape index (κ3) is 4.58. The fourth-order valence-electron chi connectivity index (χ4n) is 2.89. The molecule has 1 heterocycles. The van der Waals surface area contributed by atoms with Crippen molar-refractivity contribution >= 4 is 10.9 Å². The second-order valence-corrected chi connectivity index (χ2v) is 6.24. The Morgan fingerprint density at radius 3 is 2.71 bits per heavy atom. The Hall–Kier alpha value is -2.35. The highest BCUT2D eigenvalue weighted by molar-refractivity contribution is 5.78. The van der Waals surface area contributed by atoms with Gasteiger partial charge in [0.2, 0.25) is 0 Å². The molecule has 24 heavy (non-hydrogen) atoms. The molecule has 1 aromatic heterocycles. The van der Waals surface area contributed by atoms with Crippen LogP contribution in [-0.2, 0) is 13.0 Å². The van der Waals surface area contributed by atoms with Crippen LogP contribution in [0.25, 0.3) is 10.9 Å². The van der Waals surface area contributed by atoms with Crippen molar-refractivity contribution < 1.29 is 4.74 Å². The van der Waals surface area contributed by atoms with Crippen LogP contribution in [0.4, 0.5) is 0 Å². The zero-order valence-corrected chi connectivity index (χ0v) is 14.4. The van der Waals surface area contributed by atoms with Gasteiger partial charge in [-0.15, -0.1) is 0 Å². The van der Waals surface area contributed by atoms with Gasteiger partial charge in [0.25, 0.3) is 0 Å². The molecule has 0 fully saturated rings. The predicted octanol–water partition coefficient (Wildman–Crippen LogP) is 5.94. The van der Waals surface area contributed by atoms with Crippen LogP contribution < -0.4 is 4.74 Å². The van der Waals surface area contributed by atoms with Gasteiger partial charge < -0.3 is 4.74 Å². The Balaban J connectivity index is 1.59. The minimum atomic E-state index is 0.504. The molecule has 0 bridgehead atoms. The number of ether oxygens (including phenoxy) is 1. The maximum Gasteiger partial charge on any atom is 0.130 e. The van der Waals surface area contributed by atoms with Crippen molar-refractivity contribution in [1.82, 2.24) is 4.98 Å². The zero-order chi connectivity index (χ0) is 16.6. The summed E-state index contributed by atoms with van der Waals surface area (Å²) in [5.74, 6) is 0.929. The summed E-state index contributed by atoms with van der Waals surface area (Å²) in [4.78, 5) is 4.66. The summed E-state index contributed by atoms with van der Waals surface area (Å²) in [6, 6.07) is 20.8. The molecule has 0 aliphatic heterocycles. The summed E-state index contributed by atoms with van der Waals surface area (Å²) >= 11 is 0. The number of unbranched alkanes of at least 4 members (excludes halogenated alkanes) is 3. The first-order chi connectivity index (χ1) is 11.8. The van der Waals surface area contributed by atoms with E-state index in [2.05, 4.69) is 42.2 Å². The summed E-state index contributed by atoms with van der Waals surface area (Å²) in [5, 5.41) is 1.16. The van der Waals surface area contributed by atoms with Gasteiger partial charge in [-0.2, -0.15) is 0 Å². The number of hydrogen-bond donors (Lipinski definition) is 0. The SMILES string of the molecule is CCCCCCc1cccc(OCc2ccc3ccccc3n2)c1. The lowest BCUT2D eigenvalue weighted by Crippen LogP contribution is -1.99. The number of para-hydroxylation sites is 1. The van der Waals surface area contributed by atoms with Crippen molar-refractivity contribution in [3.63, 3.8) is 0 Å². The fraction of sp³-hybridized carbons (Fsp3) is 0.318. The van der Waals surface area contributed by atoms with Crippen molar-refractivity contribution in [2.75, 3.05) is 0 Å². The van der Waals surface area contributed by atoms with E-state index in [1.165, 1.54) is 31.2 Å². The van der Waals surface area contributed by atoms with Crippen molar-refractivity contribution in [1.29, 1.82) is 0 Å². The third-order valence-corrected chi connectivity index (χ3v) is 4.26. The number of rotatable bonds is 8. The first-order valence-electron chi connectivity index (χ1n) is 8.91. The molecule has 2 nitrogen and oxygen atoms in total. The second kappa shape index (κ2) is 8.49. The van der Waals surface area contributed by atoms with Crippen LogP contribution in [0.2, 0.25) is 0 Å². The number of aromatic nitrogens is 1. The van der Waals surface area contributed by atoms with Crippen LogP contribution in [0.3, 0.4) is 0 Å². The smallest absolute Gasteiger partial charge is 0.130 e. The number of pyridine rings is 1. The van der Waals surface area contributed by atoms with Crippen LogP contribution in [0, 0.1) is 0 Å². The Kier molecular flexibility index (Phi) is 5.84. The van der Waals surface area contributed by atoms with Gasteiger partial charge in [-0.1, -0.05) is 62.6 Å². The van der Waals surface area contributed by atoms with Crippen LogP contribution in [0.15, 0.2) is 60.7 Å². The highest BCUT2D eigenvalue weighted by Gasteiger charge is 2.01.